The van der Waals surface area contributed by atoms with Gasteiger partial charge in [-0.25, -0.2) is 0 Å². The standard InChI is InChI=1S/C6H12NO/c1-5(2)3-4-6(7)8/h4-5H,3H2,1-2H3,(H2,7,8). The average Bonchev–Trinajstić information content (AvgIpc) is 1.61. The van der Waals surface area contributed by atoms with Crippen LogP contribution in [0.25, 0.3) is 0 Å². The molecular formula is C6H12NO. The molecule has 0 spiro atoms. The summed E-state index contributed by atoms with van der Waals surface area (Å²) in [6.07, 6.45) is 2.29. The zero-order chi connectivity index (χ0) is 6.57. The molecule has 0 heterocycles. The van der Waals surface area contributed by atoms with Crippen molar-refractivity contribution in [1.29, 1.82) is 0 Å². The Morgan fingerprint density at radius 1 is 1.75 bits per heavy atom. The molecule has 0 aromatic heterocycles. The summed E-state index contributed by atoms with van der Waals surface area (Å²) in [5.41, 5.74) is 4.85. The lowest BCUT2D eigenvalue weighted by molar-refractivity contribution is -0.115. The molecule has 0 unspecified atom stereocenters. The summed E-state index contributed by atoms with van der Waals surface area (Å²) < 4.78 is 0. The summed E-state index contributed by atoms with van der Waals surface area (Å²) in [5, 5.41) is 0. The van der Waals surface area contributed by atoms with Crippen LogP contribution in [-0.2, 0) is 4.79 Å². The second-order valence-corrected chi connectivity index (χ2v) is 2.24. The fourth-order valence-corrected chi connectivity index (χ4v) is 0.352. The number of rotatable bonds is 3. The summed E-state index contributed by atoms with van der Waals surface area (Å²) in [6, 6.07) is 0. The number of hydrogen-bond acceptors (Lipinski definition) is 1. The summed E-state index contributed by atoms with van der Waals surface area (Å²) in [5.74, 6) is 0.209. The summed E-state index contributed by atoms with van der Waals surface area (Å²) in [6.45, 7) is 4.08. The average molecular weight is 114 g/mol. The Morgan fingerprint density at radius 3 is 2.38 bits per heavy atom. The molecule has 0 aromatic carbocycles. The number of carbonyl (C=O) groups excluding carboxylic acids is 1. The Hall–Kier alpha value is -0.530. The number of primary amides is 1. The second kappa shape index (κ2) is 3.47. The summed E-state index contributed by atoms with van der Waals surface area (Å²) in [7, 11) is 0. The van der Waals surface area contributed by atoms with E-state index >= 15 is 0 Å². The minimum absolute atomic E-state index is 0.321. The van der Waals surface area contributed by atoms with Gasteiger partial charge in [-0.1, -0.05) is 13.8 Å². The topological polar surface area (TPSA) is 43.1 Å². The molecule has 0 rings (SSSR count). The first kappa shape index (κ1) is 7.47. The third kappa shape index (κ3) is 5.47. The van der Waals surface area contributed by atoms with Crippen molar-refractivity contribution in [2.75, 3.05) is 0 Å². The lowest BCUT2D eigenvalue weighted by Gasteiger charge is -1.97. The van der Waals surface area contributed by atoms with E-state index in [2.05, 4.69) is 0 Å². The number of nitrogens with two attached hydrogens (primary N) is 1. The first-order chi connectivity index (χ1) is 3.63. The highest BCUT2D eigenvalue weighted by atomic mass is 16.1. The van der Waals surface area contributed by atoms with Gasteiger partial charge in [-0.3, -0.25) is 4.79 Å². The molecule has 0 atom stereocenters. The van der Waals surface area contributed by atoms with Gasteiger partial charge in [-0.2, -0.15) is 0 Å². The predicted molar refractivity (Wildman–Crippen MR) is 32.9 cm³/mol. The van der Waals surface area contributed by atoms with Crippen LogP contribution >= 0.6 is 0 Å². The van der Waals surface area contributed by atoms with Crippen molar-refractivity contribution in [2.45, 2.75) is 20.3 Å². The van der Waals surface area contributed by atoms with Gasteiger partial charge in [0.1, 0.15) is 0 Å². The van der Waals surface area contributed by atoms with Crippen molar-refractivity contribution in [3.63, 3.8) is 0 Å². The van der Waals surface area contributed by atoms with Crippen molar-refractivity contribution < 1.29 is 4.79 Å². The molecule has 2 heteroatoms. The Balaban J connectivity index is 3.05. The highest BCUT2D eigenvalue weighted by Gasteiger charge is 1.96. The van der Waals surface area contributed by atoms with Gasteiger partial charge in [0.2, 0.25) is 5.91 Å². The highest BCUT2D eigenvalue weighted by Crippen LogP contribution is 2.00. The van der Waals surface area contributed by atoms with E-state index in [-0.39, 0.29) is 5.91 Å². The van der Waals surface area contributed by atoms with Crippen molar-refractivity contribution >= 4 is 5.91 Å². The van der Waals surface area contributed by atoms with E-state index < -0.39 is 0 Å². The van der Waals surface area contributed by atoms with Crippen LogP contribution in [0.4, 0.5) is 0 Å². The lowest BCUT2D eigenvalue weighted by Crippen LogP contribution is -2.11. The Kier molecular flexibility index (Phi) is 3.24. The fraction of sp³-hybridized carbons (Fsp3) is 0.667. The van der Waals surface area contributed by atoms with Crippen LogP contribution in [0.2, 0.25) is 0 Å². The summed E-state index contributed by atoms with van der Waals surface area (Å²) in [4.78, 5) is 10.1. The minimum Gasteiger partial charge on any atom is -0.369 e. The van der Waals surface area contributed by atoms with Crippen molar-refractivity contribution in [2.24, 2.45) is 11.7 Å². The largest absolute Gasteiger partial charge is 0.369 e. The van der Waals surface area contributed by atoms with E-state index in [1.165, 1.54) is 6.42 Å². The third-order valence-corrected chi connectivity index (χ3v) is 0.790. The van der Waals surface area contributed by atoms with Gasteiger partial charge in [-0.15, -0.1) is 0 Å². The number of hydrogen-bond donors (Lipinski definition) is 1. The number of carbonyl (C=O) groups is 1. The lowest BCUT2D eigenvalue weighted by atomic mass is 10.1. The SMILES string of the molecule is CC(C)C[CH]C(N)=O. The molecule has 47 valence electrons. The molecule has 0 aliphatic carbocycles. The Morgan fingerprint density at radius 2 is 2.25 bits per heavy atom. The van der Waals surface area contributed by atoms with E-state index in [0.717, 1.165) is 6.42 Å². The van der Waals surface area contributed by atoms with Gasteiger partial charge in [0, 0.05) is 6.42 Å². The maximum Gasteiger partial charge on any atom is 0.221 e. The molecule has 0 aliphatic heterocycles. The number of amides is 1. The van der Waals surface area contributed by atoms with Gasteiger partial charge in [0.15, 0.2) is 0 Å². The van der Waals surface area contributed by atoms with Gasteiger partial charge < -0.3 is 5.73 Å². The molecule has 2 N–H and O–H groups in total. The van der Waals surface area contributed by atoms with Crippen LogP contribution in [-0.4, -0.2) is 5.91 Å². The molecule has 2 nitrogen and oxygen atoms in total. The van der Waals surface area contributed by atoms with Crippen LogP contribution < -0.4 is 5.73 Å². The third-order valence-electron chi connectivity index (χ3n) is 0.790. The maximum atomic E-state index is 10.1. The highest BCUT2D eigenvalue weighted by molar-refractivity contribution is 5.82. The molecule has 0 saturated heterocycles. The summed E-state index contributed by atoms with van der Waals surface area (Å²) >= 11 is 0. The van der Waals surface area contributed by atoms with E-state index in [1.54, 1.807) is 0 Å². The van der Waals surface area contributed by atoms with Crippen LogP contribution in [0.5, 0.6) is 0 Å². The van der Waals surface area contributed by atoms with E-state index in [0.29, 0.717) is 5.92 Å². The van der Waals surface area contributed by atoms with Crippen molar-refractivity contribution in [3.8, 4) is 0 Å². The van der Waals surface area contributed by atoms with Gasteiger partial charge in [0.05, 0.1) is 0 Å². The van der Waals surface area contributed by atoms with E-state index in [9.17, 15) is 4.79 Å². The molecular weight excluding hydrogens is 102 g/mol. The fourth-order valence-electron chi connectivity index (χ4n) is 0.352. The van der Waals surface area contributed by atoms with Crippen LogP contribution in [0.1, 0.15) is 20.3 Å². The second-order valence-electron chi connectivity index (χ2n) is 2.24. The molecule has 0 aliphatic rings. The minimum atomic E-state index is -0.321. The first-order valence-electron chi connectivity index (χ1n) is 2.75. The first-order valence-corrected chi connectivity index (χ1v) is 2.75. The molecule has 8 heavy (non-hydrogen) atoms. The zero-order valence-electron chi connectivity index (χ0n) is 5.35. The van der Waals surface area contributed by atoms with Gasteiger partial charge in [-0.05, 0) is 12.3 Å². The predicted octanol–water partition coefficient (Wildman–Crippen LogP) is 0.722. The Bertz CT molecular complexity index is 78.6. The zero-order valence-corrected chi connectivity index (χ0v) is 5.35. The maximum absolute atomic E-state index is 10.1. The Labute approximate surface area is 50.1 Å². The molecule has 1 radical (unpaired) electrons. The van der Waals surface area contributed by atoms with Crippen LogP contribution in [0.3, 0.4) is 0 Å². The molecule has 1 amide bonds. The van der Waals surface area contributed by atoms with Gasteiger partial charge >= 0.3 is 0 Å². The molecule has 0 fully saturated rings. The smallest absolute Gasteiger partial charge is 0.221 e. The molecule has 0 aromatic rings. The monoisotopic (exact) mass is 114 g/mol. The molecule has 0 saturated carbocycles. The van der Waals surface area contributed by atoms with Crippen LogP contribution in [0.15, 0.2) is 0 Å². The molecule has 0 bridgehead atoms. The van der Waals surface area contributed by atoms with E-state index in [4.69, 9.17) is 5.73 Å². The van der Waals surface area contributed by atoms with Crippen molar-refractivity contribution in [3.05, 3.63) is 6.42 Å². The quantitative estimate of drug-likeness (QED) is 0.577. The normalized spacial score (nSPS) is 9.88. The van der Waals surface area contributed by atoms with Crippen molar-refractivity contribution in [1.82, 2.24) is 0 Å². The van der Waals surface area contributed by atoms with Crippen LogP contribution in [0, 0.1) is 12.3 Å². The van der Waals surface area contributed by atoms with Gasteiger partial charge in [0.25, 0.3) is 0 Å². The van der Waals surface area contributed by atoms with E-state index in [1.807, 2.05) is 13.8 Å².